The Morgan fingerprint density at radius 3 is 2.36 bits per heavy atom. The molecule has 7 nitrogen and oxygen atoms in total. The molecule has 1 aliphatic heterocycles. The maximum atomic E-state index is 12.5. The molecule has 1 aromatic carbocycles. The molecule has 152 valence electrons. The van der Waals surface area contributed by atoms with Crippen LogP contribution >= 0.6 is 0 Å². The van der Waals surface area contributed by atoms with E-state index in [4.69, 9.17) is 23.5 Å². The van der Waals surface area contributed by atoms with E-state index < -0.39 is 11.8 Å². The van der Waals surface area contributed by atoms with Gasteiger partial charge in [-0.1, -0.05) is 31.1 Å². The van der Waals surface area contributed by atoms with E-state index in [1.165, 1.54) is 0 Å². The van der Waals surface area contributed by atoms with E-state index in [-0.39, 0.29) is 17.7 Å². The van der Waals surface area contributed by atoms with Crippen molar-refractivity contribution in [3.8, 4) is 5.75 Å². The van der Waals surface area contributed by atoms with Gasteiger partial charge in [-0.25, -0.2) is 4.79 Å². The highest BCUT2D eigenvalue weighted by Gasteiger charge is 2.44. The van der Waals surface area contributed by atoms with Crippen LogP contribution in [0, 0.1) is 5.41 Å². The maximum Gasteiger partial charge on any atom is 0.361 e. The van der Waals surface area contributed by atoms with Gasteiger partial charge in [0.05, 0.1) is 32.5 Å². The Morgan fingerprint density at radius 1 is 1.14 bits per heavy atom. The third-order valence-corrected chi connectivity index (χ3v) is 4.69. The lowest BCUT2D eigenvalue weighted by molar-refractivity contribution is -0.298. The van der Waals surface area contributed by atoms with Crippen LogP contribution in [0.1, 0.15) is 55.1 Å². The molecule has 0 aliphatic carbocycles. The topological polar surface area (TPSA) is 80.0 Å². The lowest BCUT2D eigenvalue weighted by atomic mass is 9.92. The summed E-state index contributed by atoms with van der Waals surface area (Å²) < 4.78 is 28.0. The van der Waals surface area contributed by atoms with E-state index in [1.807, 2.05) is 24.3 Å². The summed E-state index contributed by atoms with van der Waals surface area (Å²) in [6.45, 7) is 8.86. The molecule has 0 radical (unpaired) electrons. The molecular formula is C21H27NO6. The fraction of sp³-hybridized carbons (Fsp3) is 0.524. The Balaban J connectivity index is 1.97. The van der Waals surface area contributed by atoms with Crippen LogP contribution in [0.15, 0.2) is 28.8 Å². The molecule has 3 rings (SSSR count). The summed E-state index contributed by atoms with van der Waals surface area (Å²) in [6.07, 6.45) is 0.428. The normalized spacial score (nSPS) is 17.9. The van der Waals surface area contributed by atoms with Crippen LogP contribution in [-0.4, -0.2) is 38.1 Å². The summed E-state index contributed by atoms with van der Waals surface area (Å²) in [5.41, 5.74) is 1.44. The van der Waals surface area contributed by atoms with Gasteiger partial charge in [0.1, 0.15) is 5.75 Å². The van der Waals surface area contributed by atoms with Crippen molar-refractivity contribution < 1.29 is 28.3 Å². The molecule has 0 bridgehead atoms. The number of aromatic nitrogens is 1. The van der Waals surface area contributed by atoms with Crippen LogP contribution in [0.5, 0.6) is 5.75 Å². The van der Waals surface area contributed by atoms with E-state index in [9.17, 15) is 4.79 Å². The van der Waals surface area contributed by atoms with Crippen molar-refractivity contribution >= 4 is 5.97 Å². The van der Waals surface area contributed by atoms with Crippen LogP contribution in [0.3, 0.4) is 0 Å². The number of nitrogens with zero attached hydrogens (tertiary/aromatic N) is 1. The monoisotopic (exact) mass is 389 g/mol. The Bertz CT molecular complexity index is 814. The predicted molar refractivity (Wildman–Crippen MR) is 101 cm³/mol. The first kappa shape index (κ1) is 20.4. The zero-order valence-corrected chi connectivity index (χ0v) is 17.0. The quantitative estimate of drug-likeness (QED) is 0.697. The van der Waals surface area contributed by atoms with E-state index in [0.717, 1.165) is 11.3 Å². The Kier molecular flexibility index (Phi) is 5.76. The zero-order valence-electron chi connectivity index (χ0n) is 17.0. The van der Waals surface area contributed by atoms with Crippen molar-refractivity contribution in [1.29, 1.82) is 0 Å². The van der Waals surface area contributed by atoms with Gasteiger partial charge in [0.25, 0.3) is 0 Å². The number of methoxy groups -OCH3 is 1. The number of benzene rings is 1. The molecule has 1 fully saturated rings. The maximum absolute atomic E-state index is 12.5. The second kappa shape index (κ2) is 7.93. The van der Waals surface area contributed by atoms with Gasteiger partial charge in [-0.15, -0.1) is 0 Å². The Morgan fingerprint density at radius 2 is 1.79 bits per heavy atom. The summed E-state index contributed by atoms with van der Waals surface area (Å²) in [7, 11) is 1.62. The highest BCUT2D eigenvalue weighted by atomic mass is 16.7. The Labute approximate surface area is 164 Å². The van der Waals surface area contributed by atoms with E-state index in [2.05, 4.69) is 19.0 Å². The van der Waals surface area contributed by atoms with Gasteiger partial charge < -0.3 is 23.5 Å². The number of ether oxygens (including phenoxy) is 4. The van der Waals surface area contributed by atoms with Gasteiger partial charge in [0.15, 0.2) is 17.2 Å². The number of carbonyl (C=O) groups is 1. The third-order valence-electron chi connectivity index (χ3n) is 4.69. The minimum Gasteiger partial charge on any atom is -0.497 e. The zero-order chi connectivity index (χ0) is 20.4. The number of hydrogen-bond acceptors (Lipinski definition) is 7. The summed E-state index contributed by atoms with van der Waals surface area (Å²) in [5, 5.41) is 3.99. The van der Waals surface area contributed by atoms with Gasteiger partial charge in [-0.2, -0.15) is 0 Å². The molecule has 2 aromatic rings. The SMILES string of the molecule is CCOC(=O)c1noc(Cc2ccc(OC)cc2)c1C1(C)OCC(C)(C)CO1. The fourth-order valence-electron chi connectivity index (χ4n) is 3.07. The summed E-state index contributed by atoms with van der Waals surface area (Å²) in [6, 6.07) is 7.61. The van der Waals surface area contributed by atoms with Crippen molar-refractivity contribution in [3.63, 3.8) is 0 Å². The second-order valence-electron chi connectivity index (χ2n) is 7.76. The van der Waals surface area contributed by atoms with E-state index in [1.54, 1.807) is 21.0 Å². The van der Waals surface area contributed by atoms with Crippen molar-refractivity contribution in [2.45, 2.75) is 39.9 Å². The molecule has 0 N–H and O–H groups in total. The minimum atomic E-state index is -1.14. The number of esters is 1. The van der Waals surface area contributed by atoms with Gasteiger partial charge in [-0.05, 0) is 31.5 Å². The minimum absolute atomic E-state index is 0.0903. The Hall–Kier alpha value is -2.38. The van der Waals surface area contributed by atoms with E-state index >= 15 is 0 Å². The first-order valence-electron chi connectivity index (χ1n) is 9.35. The molecule has 1 aromatic heterocycles. The van der Waals surface area contributed by atoms with Crippen LogP contribution in [-0.2, 0) is 26.4 Å². The molecule has 0 atom stereocenters. The van der Waals surface area contributed by atoms with Crippen LogP contribution < -0.4 is 4.74 Å². The van der Waals surface area contributed by atoms with Gasteiger partial charge in [0.2, 0.25) is 0 Å². The molecule has 1 aliphatic rings. The van der Waals surface area contributed by atoms with Crippen molar-refractivity contribution in [3.05, 3.63) is 46.8 Å². The summed E-state index contributed by atoms with van der Waals surface area (Å²) in [4.78, 5) is 12.5. The predicted octanol–water partition coefficient (Wildman–Crippen LogP) is 3.70. The summed E-state index contributed by atoms with van der Waals surface area (Å²) >= 11 is 0. The molecule has 0 spiro atoms. The molecule has 0 amide bonds. The average Bonchev–Trinajstić information content (AvgIpc) is 3.10. The van der Waals surface area contributed by atoms with Gasteiger partial charge >= 0.3 is 5.97 Å². The smallest absolute Gasteiger partial charge is 0.361 e. The molecular weight excluding hydrogens is 362 g/mol. The average molecular weight is 389 g/mol. The highest BCUT2D eigenvalue weighted by Crippen LogP contribution is 2.40. The number of hydrogen-bond donors (Lipinski definition) is 0. The van der Waals surface area contributed by atoms with Gasteiger partial charge in [0, 0.05) is 11.8 Å². The van der Waals surface area contributed by atoms with Crippen molar-refractivity contribution in [2.24, 2.45) is 5.41 Å². The third kappa shape index (κ3) is 4.20. The largest absolute Gasteiger partial charge is 0.497 e. The second-order valence-corrected chi connectivity index (χ2v) is 7.76. The molecule has 7 heteroatoms. The van der Waals surface area contributed by atoms with Crippen molar-refractivity contribution in [2.75, 3.05) is 26.9 Å². The lowest BCUT2D eigenvalue weighted by Crippen LogP contribution is -2.44. The van der Waals surface area contributed by atoms with E-state index in [0.29, 0.717) is 31.0 Å². The van der Waals surface area contributed by atoms with Crippen molar-refractivity contribution in [1.82, 2.24) is 5.16 Å². The lowest BCUT2D eigenvalue weighted by Gasteiger charge is -2.41. The molecule has 2 heterocycles. The molecule has 28 heavy (non-hydrogen) atoms. The fourth-order valence-corrected chi connectivity index (χ4v) is 3.07. The van der Waals surface area contributed by atoms with Crippen LogP contribution in [0.2, 0.25) is 0 Å². The first-order valence-corrected chi connectivity index (χ1v) is 9.35. The first-order chi connectivity index (χ1) is 13.3. The molecule has 0 saturated carbocycles. The van der Waals surface area contributed by atoms with Crippen LogP contribution in [0.4, 0.5) is 0 Å². The number of carbonyl (C=O) groups excluding carboxylic acids is 1. The number of rotatable bonds is 6. The standard InChI is InChI=1S/C21H27NO6/c1-6-25-19(23)18-17(21(4)26-12-20(2,3)13-27-21)16(28-22-18)11-14-7-9-15(24-5)10-8-14/h7-10H,6,11-13H2,1-5H3. The molecule has 1 saturated heterocycles. The van der Waals surface area contributed by atoms with Gasteiger partial charge in [-0.3, -0.25) is 0 Å². The van der Waals surface area contributed by atoms with Crippen LogP contribution in [0.25, 0.3) is 0 Å². The molecule has 0 unspecified atom stereocenters. The highest BCUT2D eigenvalue weighted by molar-refractivity contribution is 5.89. The summed E-state index contributed by atoms with van der Waals surface area (Å²) in [5.74, 6) is -0.419.